The number of methoxy groups -OCH3 is 1. The minimum atomic E-state index is -0.456. The van der Waals surface area contributed by atoms with E-state index in [9.17, 15) is 10.1 Å². The normalized spacial score (nSPS) is 10.3. The van der Waals surface area contributed by atoms with Crippen LogP contribution in [0, 0.1) is 10.1 Å². The van der Waals surface area contributed by atoms with E-state index in [-0.39, 0.29) is 17.3 Å². The van der Waals surface area contributed by atoms with Crippen LogP contribution in [0.5, 0.6) is 5.75 Å². The zero-order chi connectivity index (χ0) is 15.4. The number of thioether (sulfide) groups is 1. The second-order valence-electron chi connectivity index (χ2n) is 4.04. The molecule has 0 saturated heterocycles. The highest BCUT2D eigenvalue weighted by Crippen LogP contribution is 2.30. The topological polar surface area (TPSA) is 130 Å². The Kier molecular flexibility index (Phi) is 4.43. The van der Waals surface area contributed by atoms with Crippen LogP contribution in [0.3, 0.4) is 0 Å². The van der Waals surface area contributed by atoms with Crippen LogP contribution in [0.1, 0.15) is 5.56 Å². The highest BCUT2D eigenvalue weighted by Gasteiger charge is 2.12. The van der Waals surface area contributed by atoms with Crippen molar-refractivity contribution in [2.75, 3.05) is 18.6 Å². The lowest BCUT2D eigenvalue weighted by Crippen LogP contribution is -2.00. The first-order chi connectivity index (χ1) is 9.99. The summed E-state index contributed by atoms with van der Waals surface area (Å²) in [5, 5.41) is 11.2. The Bertz CT molecular complexity index is 660. The van der Waals surface area contributed by atoms with Crippen LogP contribution < -0.4 is 16.2 Å². The lowest BCUT2D eigenvalue weighted by atomic mass is 10.2. The van der Waals surface area contributed by atoms with Crippen molar-refractivity contribution in [3.63, 3.8) is 0 Å². The minimum absolute atomic E-state index is 0.000548. The van der Waals surface area contributed by atoms with Crippen molar-refractivity contribution in [3.8, 4) is 5.75 Å². The molecule has 8 nitrogen and oxygen atoms in total. The molecular weight excluding hydrogens is 294 g/mol. The van der Waals surface area contributed by atoms with E-state index in [0.717, 1.165) is 0 Å². The van der Waals surface area contributed by atoms with E-state index in [1.54, 1.807) is 6.07 Å². The number of nitro groups is 1. The molecule has 0 amide bonds. The van der Waals surface area contributed by atoms with Crippen LogP contribution in [0.25, 0.3) is 0 Å². The number of nitrogens with zero attached hydrogens (tertiary/aromatic N) is 3. The molecular formula is C12H13N5O3S. The number of anilines is 2. The number of nitro benzene ring substituents is 1. The summed E-state index contributed by atoms with van der Waals surface area (Å²) in [4.78, 5) is 18.4. The number of nitrogen functional groups attached to an aromatic ring is 2. The Hall–Kier alpha value is -2.55. The van der Waals surface area contributed by atoms with Crippen molar-refractivity contribution in [3.05, 3.63) is 39.9 Å². The number of nitrogens with two attached hydrogens (primary N) is 2. The number of aromatic nitrogens is 2. The summed E-state index contributed by atoms with van der Waals surface area (Å²) in [7, 11) is 1.50. The van der Waals surface area contributed by atoms with Gasteiger partial charge in [-0.05, 0) is 6.07 Å². The van der Waals surface area contributed by atoms with Crippen LogP contribution in [0.4, 0.5) is 17.3 Å². The molecule has 9 heteroatoms. The molecule has 0 aliphatic carbocycles. The van der Waals surface area contributed by atoms with Crippen molar-refractivity contribution >= 4 is 29.1 Å². The number of benzene rings is 1. The zero-order valence-corrected chi connectivity index (χ0v) is 12.0. The Morgan fingerprint density at radius 2 is 1.95 bits per heavy atom. The molecule has 0 atom stereocenters. The molecule has 0 radical (unpaired) electrons. The van der Waals surface area contributed by atoms with Gasteiger partial charge >= 0.3 is 0 Å². The smallest absolute Gasteiger partial charge is 0.270 e. The standard InChI is InChI=1S/C12H13N5O3S/c1-20-9-3-2-8(17(18)19)4-7(9)6-21-12-15-10(13)5-11(14)16-12/h2-5H,6H2,1H3,(H4,13,14,15,16). The maximum atomic E-state index is 10.8. The van der Waals surface area contributed by atoms with Crippen LogP contribution in [-0.4, -0.2) is 22.0 Å². The van der Waals surface area contributed by atoms with Gasteiger partial charge in [-0.3, -0.25) is 10.1 Å². The fourth-order valence-electron chi connectivity index (χ4n) is 1.66. The molecule has 4 N–H and O–H groups in total. The van der Waals surface area contributed by atoms with Gasteiger partial charge < -0.3 is 16.2 Å². The number of hydrogen-bond acceptors (Lipinski definition) is 8. The molecule has 2 aromatic rings. The van der Waals surface area contributed by atoms with Crippen LogP contribution in [0.2, 0.25) is 0 Å². The van der Waals surface area contributed by atoms with Gasteiger partial charge in [0, 0.05) is 29.5 Å². The highest BCUT2D eigenvalue weighted by molar-refractivity contribution is 7.98. The van der Waals surface area contributed by atoms with E-state index in [1.807, 2.05) is 0 Å². The maximum Gasteiger partial charge on any atom is 0.270 e. The number of non-ortho nitro benzene ring substituents is 1. The first-order valence-corrected chi connectivity index (χ1v) is 6.82. The summed E-state index contributed by atoms with van der Waals surface area (Å²) in [6.07, 6.45) is 0. The summed E-state index contributed by atoms with van der Waals surface area (Å²) >= 11 is 1.27. The van der Waals surface area contributed by atoms with E-state index >= 15 is 0 Å². The van der Waals surface area contributed by atoms with Gasteiger partial charge in [0.2, 0.25) is 0 Å². The van der Waals surface area contributed by atoms with Crippen molar-refractivity contribution in [1.82, 2.24) is 9.97 Å². The minimum Gasteiger partial charge on any atom is -0.496 e. The fourth-order valence-corrected chi connectivity index (χ4v) is 2.51. The van der Waals surface area contributed by atoms with Gasteiger partial charge in [-0.15, -0.1) is 0 Å². The maximum absolute atomic E-state index is 10.8. The summed E-state index contributed by atoms with van der Waals surface area (Å²) in [5.74, 6) is 1.50. The monoisotopic (exact) mass is 307 g/mol. The molecule has 1 heterocycles. The molecule has 1 aromatic carbocycles. The van der Waals surface area contributed by atoms with Gasteiger partial charge in [-0.2, -0.15) is 0 Å². The molecule has 0 fully saturated rings. The molecule has 0 aliphatic rings. The third-order valence-electron chi connectivity index (χ3n) is 2.58. The third kappa shape index (κ3) is 3.72. The highest BCUT2D eigenvalue weighted by atomic mass is 32.2. The third-order valence-corrected chi connectivity index (χ3v) is 3.47. The average Bonchev–Trinajstić information content (AvgIpc) is 2.43. The Labute approximate surface area is 124 Å². The van der Waals surface area contributed by atoms with Crippen molar-refractivity contribution in [1.29, 1.82) is 0 Å². The first kappa shape index (κ1) is 14.9. The molecule has 2 rings (SSSR count). The Balaban J connectivity index is 2.21. The van der Waals surface area contributed by atoms with Crippen molar-refractivity contribution < 1.29 is 9.66 Å². The van der Waals surface area contributed by atoms with Gasteiger partial charge in [0.25, 0.3) is 5.69 Å². The molecule has 0 bridgehead atoms. The number of hydrogen-bond donors (Lipinski definition) is 2. The first-order valence-electron chi connectivity index (χ1n) is 5.83. The molecule has 110 valence electrons. The van der Waals surface area contributed by atoms with Crippen LogP contribution >= 0.6 is 11.8 Å². The van der Waals surface area contributed by atoms with Crippen LogP contribution in [-0.2, 0) is 5.75 Å². The average molecular weight is 307 g/mol. The fraction of sp³-hybridized carbons (Fsp3) is 0.167. The lowest BCUT2D eigenvalue weighted by Gasteiger charge is -2.08. The number of ether oxygens (including phenoxy) is 1. The van der Waals surface area contributed by atoms with E-state index in [1.165, 1.54) is 37.1 Å². The Morgan fingerprint density at radius 1 is 1.29 bits per heavy atom. The second kappa shape index (κ2) is 6.27. The van der Waals surface area contributed by atoms with Crippen molar-refractivity contribution in [2.45, 2.75) is 10.9 Å². The summed E-state index contributed by atoms with van der Waals surface area (Å²) in [6, 6.07) is 5.87. The van der Waals surface area contributed by atoms with Gasteiger partial charge in [-0.25, -0.2) is 9.97 Å². The van der Waals surface area contributed by atoms with E-state index in [0.29, 0.717) is 22.2 Å². The summed E-state index contributed by atoms with van der Waals surface area (Å²) < 4.78 is 5.19. The predicted molar refractivity (Wildman–Crippen MR) is 80.1 cm³/mol. The van der Waals surface area contributed by atoms with E-state index in [2.05, 4.69) is 9.97 Å². The van der Waals surface area contributed by atoms with E-state index in [4.69, 9.17) is 16.2 Å². The van der Waals surface area contributed by atoms with Gasteiger partial charge in [0.05, 0.1) is 12.0 Å². The van der Waals surface area contributed by atoms with Gasteiger partial charge in [0.1, 0.15) is 17.4 Å². The molecule has 1 aromatic heterocycles. The van der Waals surface area contributed by atoms with E-state index < -0.39 is 4.92 Å². The van der Waals surface area contributed by atoms with Gasteiger partial charge in [-0.1, -0.05) is 11.8 Å². The molecule has 0 unspecified atom stereocenters. The van der Waals surface area contributed by atoms with Crippen molar-refractivity contribution in [2.24, 2.45) is 0 Å². The number of rotatable bonds is 5. The van der Waals surface area contributed by atoms with Gasteiger partial charge in [0.15, 0.2) is 5.16 Å². The zero-order valence-electron chi connectivity index (χ0n) is 11.1. The molecule has 0 aliphatic heterocycles. The SMILES string of the molecule is COc1ccc([N+](=O)[O-])cc1CSc1nc(N)cc(N)n1. The lowest BCUT2D eigenvalue weighted by molar-refractivity contribution is -0.384. The molecule has 21 heavy (non-hydrogen) atoms. The predicted octanol–water partition coefficient (Wildman–Crippen LogP) is 1.85. The Morgan fingerprint density at radius 3 is 2.52 bits per heavy atom. The molecule has 0 saturated carbocycles. The van der Waals surface area contributed by atoms with Crippen LogP contribution in [0.15, 0.2) is 29.4 Å². The largest absolute Gasteiger partial charge is 0.496 e. The summed E-state index contributed by atoms with van der Waals surface area (Å²) in [5.41, 5.74) is 11.8. The molecule has 0 spiro atoms. The quantitative estimate of drug-likeness (QED) is 0.370. The second-order valence-corrected chi connectivity index (χ2v) is 4.98. The summed E-state index contributed by atoms with van der Waals surface area (Å²) in [6.45, 7) is 0.